The fourth-order valence-corrected chi connectivity index (χ4v) is 5.38. The molecule has 0 N–H and O–H groups in total. The Kier molecular flexibility index (Phi) is 3.58. The van der Waals surface area contributed by atoms with E-state index in [0.717, 1.165) is 62.4 Å². The van der Waals surface area contributed by atoms with E-state index < -0.39 is 0 Å². The molecule has 1 saturated heterocycles. The van der Waals surface area contributed by atoms with Gasteiger partial charge in [-0.2, -0.15) is 0 Å². The number of halogens is 1. The molecule has 2 aromatic rings. The number of anilines is 2. The fraction of sp³-hybridized carbons (Fsp3) is 0.524. The molecule has 2 atom stereocenters. The molecule has 4 nitrogen and oxygen atoms in total. The van der Waals surface area contributed by atoms with Crippen molar-refractivity contribution >= 4 is 11.5 Å². The van der Waals surface area contributed by atoms with E-state index in [2.05, 4.69) is 28.8 Å². The van der Waals surface area contributed by atoms with Crippen LogP contribution in [-0.4, -0.2) is 41.5 Å². The Hall–Kier alpha value is -2.01. The number of rotatable bonds is 1. The first kappa shape index (κ1) is 16.2. The second-order valence-corrected chi connectivity index (χ2v) is 8.37. The number of fused-ring (bicyclic) bond motifs is 3. The number of aryl methyl sites for hydroxylation is 1. The van der Waals surface area contributed by atoms with E-state index in [1.54, 1.807) is 18.5 Å². The highest BCUT2D eigenvalue weighted by molar-refractivity contribution is 5.73. The SMILES string of the molecule is C[C@@H]1CCc2ncnc(N3CC4(CCCN(C)C4)c4cc(F)ccc43)c21. The monoisotopic (exact) mass is 352 g/mol. The lowest BCUT2D eigenvalue weighted by molar-refractivity contribution is 0.186. The minimum atomic E-state index is -0.139. The Labute approximate surface area is 154 Å². The highest BCUT2D eigenvalue weighted by Gasteiger charge is 2.46. The van der Waals surface area contributed by atoms with Gasteiger partial charge in [0.2, 0.25) is 0 Å². The van der Waals surface area contributed by atoms with Crippen molar-refractivity contribution in [2.45, 2.75) is 43.9 Å². The van der Waals surface area contributed by atoms with Crippen molar-refractivity contribution in [3.05, 3.63) is 47.2 Å². The lowest BCUT2D eigenvalue weighted by atomic mass is 9.76. The predicted molar refractivity (Wildman–Crippen MR) is 101 cm³/mol. The van der Waals surface area contributed by atoms with E-state index in [1.807, 2.05) is 6.07 Å². The molecule has 3 aliphatic rings. The number of piperidine rings is 1. The number of likely N-dealkylation sites (N-methyl/N-ethyl adjacent to an activating group) is 1. The van der Waals surface area contributed by atoms with Gasteiger partial charge >= 0.3 is 0 Å². The van der Waals surface area contributed by atoms with E-state index in [9.17, 15) is 4.39 Å². The lowest BCUT2D eigenvalue weighted by Gasteiger charge is -2.39. The molecule has 1 unspecified atom stereocenters. The first-order valence-corrected chi connectivity index (χ1v) is 9.67. The van der Waals surface area contributed by atoms with Crippen molar-refractivity contribution in [1.82, 2.24) is 14.9 Å². The van der Waals surface area contributed by atoms with E-state index in [1.165, 1.54) is 11.3 Å². The maximum atomic E-state index is 14.2. The van der Waals surface area contributed by atoms with Gasteiger partial charge in [0.25, 0.3) is 0 Å². The lowest BCUT2D eigenvalue weighted by Crippen LogP contribution is -2.46. The van der Waals surface area contributed by atoms with Gasteiger partial charge < -0.3 is 9.80 Å². The van der Waals surface area contributed by atoms with Crippen LogP contribution < -0.4 is 4.90 Å². The van der Waals surface area contributed by atoms with Crippen LogP contribution in [0.4, 0.5) is 15.9 Å². The van der Waals surface area contributed by atoms with Crippen LogP contribution in [0.3, 0.4) is 0 Å². The van der Waals surface area contributed by atoms with Crippen LogP contribution in [0.1, 0.15) is 48.9 Å². The summed E-state index contributed by atoms with van der Waals surface area (Å²) in [5, 5.41) is 0. The van der Waals surface area contributed by atoms with E-state index in [4.69, 9.17) is 4.98 Å². The largest absolute Gasteiger partial charge is 0.325 e. The predicted octanol–water partition coefficient (Wildman–Crippen LogP) is 3.78. The minimum absolute atomic E-state index is 0.00981. The smallest absolute Gasteiger partial charge is 0.140 e. The van der Waals surface area contributed by atoms with Gasteiger partial charge in [0, 0.05) is 35.4 Å². The molecule has 5 rings (SSSR count). The molecule has 1 aromatic heterocycles. The van der Waals surface area contributed by atoms with Crippen LogP contribution in [0.25, 0.3) is 0 Å². The van der Waals surface area contributed by atoms with Crippen molar-refractivity contribution in [3.8, 4) is 0 Å². The van der Waals surface area contributed by atoms with Gasteiger partial charge in [0.05, 0.1) is 0 Å². The fourth-order valence-electron chi connectivity index (χ4n) is 5.38. The van der Waals surface area contributed by atoms with Crippen LogP contribution in [0.5, 0.6) is 0 Å². The number of hydrogen-bond acceptors (Lipinski definition) is 4. The third-order valence-electron chi connectivity index (χ3n) is 6.56. The zero-order valence-electron chi connectivity index (χ0n) is 15.5. The Morgan fingerprint density at radius 1 is 1.23 bits per heavy atom. The molecule has 5 heteroatoms. The summed E-state index contributed by atoms with van der Waals surface area (Å²) in [6.07, 6.45) is 6.13. The first-order chi connectivity index (χ1) is 12.6. The Morgan fingerprint density at radius 2 is 2.12 bits per heavy atom. The van der Waals surface area contributed by atoms with Gasteiger partial charge in [-0.15, -0.1) is 0 Å². The average molecular weight is 352 g/mol. The average Bonchev–Trinajstić information content (AvgIpc) is 3.14. The summed E-state index contributed by atoms with van der Waals surface area (Å²) < 4.78 is 14.2. The van der Waals surface area contributed by atoms with Crippen molar-refractivity contribution in [3.63, 3.8) is 0 Å². The van der Waals surface area contributed by atoms with Crippen molar-refractivity contribution in [2.75, 3.05) is 31.6 Å². The molecule has 0 radical (unpaired) electrons. The quantitative estimate of drug-likeness (QED) is 0.782. The summed E-state index contributed by atoms with van der Waals surface area (Å²) in [6.45, 7) is 5.24. The van der Waals surface area contributed by atoms with Crippen LogP contribution in [-0.2, 0) is 11.8 Å². The second-order valence-electron chi connectivity index (χ2n) is 8.37. The number of benzene rings is 1. The normalized spacial score (nSPS) is 27.8. The number of hydrogen-bond donors (Lipinski definition) is 0. The van der Waals surface area contributed by atoms with E-state index in [0.29, 0.717) is 5.92 Å². The van der Waals surface area contributed by atoms with Crippen molar-refractivity contribution < 1.29 is 4.39 Å². The summed E-state index contributed by atoms with van der Waals surface area (Å²) in [5.41, 5.74) is 4.75. The van der Waals surface area contributed by atoms with Crippen LogP contribution in [0.2, 0.25) is 0 Å². The third kappa shape index (κ3) is 2.29. The number of aromatic nitrogens is 2. The van der Waals surface area contributed by atoms with E-state index >= 15 is 0 Å². The van der Waals surface area contributed by atoms with Gasteiger partial charge in [0.1, 0.15) is 18.0 Å². The van der Waals surface area contributed by atoms with Crippen molar-refractivity contribution in [2.24, 2.45) is 0 Å². The molecule has 0 amide bonds. The molecule has 1 aliphatic carbocycles. The Bertz CT molecular complexity index is 867. The Balaban J connectivity index is 1.66. The van der Waals surface area contributed by atoms with Crippen LogP contribution >= 0.6 is 0 Å². The Morgan fingerprint density at radius 3 is 2.96 bits per heavy atom. The summed E-state index contributed by atoms with van der Waals surface area (Å²) >= 11 is 0. The molecular weight excluding hydrogens is 327 g/mol. The second kappa shape index (κ2) is 5.74. The number of likely N-dealkylation sites (tertiary alicyclic amines) is 1. The molecular formula is C21H25FN4. The summed E-state index contributed by atoms with van der Waals surface area (Å²) in [6, 6.07) is 5.30. The molecule has 1 spiro atoms. The molecule has 2 aliphatic heterocycles. The van der Waals surface area contributed by atoms with Crippen LogP contribution in [0.15, 0.2) is 24.5 Å². The van der Waals surface area contributed by atoms with Gasteiger partial charge in [-0.1, -0.05) is 6.92 Å². The standard InChI is InChI=1S/C21H25FN4/c1-14-4-6-17-19(14)20(24-13-23-17)26-12-21(8-3-9-25(2)11-21)16-10-15(22)5-7-18(16)26/h5,7,10,13-14H,3-4,6,8-9,11-12H2,1-2H3/t14-,21?/m1/s1. The van der Waals surface area contributed by atoms with Crippen LogP contribution in [0, 0.1) is 5.82 Å². The van der Waals surface area contributed by atoms with Crippen molar-refractivity contribution in [1.29, 1.82) is 0 Å². The summed E-state index contributed by atoms with van der Waals surface area (Å²) in [5.74, 6) is 1.38. The highest BCUT2D eigenvalue weighted by Crippen LogP contribution is 2.50. The highest BCUT2D eigenvalue weighted by atomic mass is 19.1. The summed E-state index contributed by atoms with van der Waals surface area (Å²) in [4.78, 5) is 14.0. The molecule has 3 heterocycles. The zero-order valence-corrected chi connectivity index (χ0v) is 15.5. The maximum absolute atomic E-state index is 14.2. The topological polar surface area (TPSA) is 32.3 Å². The zero-order chi connectivity index (χ0) is 17.9. The molecule has 1 aromatic carbocycles. The molecule has 1 fully saturated rings. The maximum Gasteiger partial charge on any atom is 0.140 e. The van der Waals surface area contributed by atoms with Gasteiger partial charge in [-0.25, -0.2) is 14.4 Å². The minimum Gasteiger partial charge on any atom is -0.325 e. The molecule has 0 bridgehead atoms. The number of nitrogens with zero attached hydrogens (tertiary/aromatic N) is 4. The molecule has 136 valence electrons. The molecule has 26 heavy (non-hydrogen) atoms. The summed E-state index contributed by atoms with van der Waals surface area (Å²) in [7, 11) is 2.17. The molecule has 0 saturated carbocycles. The first-order valence-electron chi connectivity index (χ1n) is 9.67. The third-order valence-corrected chi connectivity index (χ3v) is 6.56. The van der Waals surface area contributed by atoms with Gasteiger partial charge in [-0.3, -0.25) is 0 Å². The van der Waals surface area contributed by atoms with Gasteiger partial charge in [0.15, 0.2) is 0 Å². The van der Waals surface area contributed by atoms with Gasteiger partial charge in [-0.05, 0) is 69.0 Å². The van der Waals surface area contributed by atoms with E-state index in [-0.39, 0.29) is 11.2 Å².